The van der Waals surface area contributed by atoms with Crippen molar-refractivity contribution in [3.8, 4) is 0 Å². The lowest BCUT2D eigenvalue weighted by molar-refractivity contribution is -0.262. The highest BCUT2D eigenvalue weighted by molar-refractivity contribution is 14.1. The molecular weight excluding hydrogens is 389 g/mol. The lowest BCUT2D eigenvalue weighted by Crippen LogP contribution is -2.60. The molecule has 0 aromatic heterocycles. The molecule has 0 amide bonds. The zero-order valence-corrected chi connectivity index (χ0v) is 15.3. The quantitative estimate of drug-likeness (QED) is 0.303. The summed E-state index contributed by atoms with van der Waals surface area (Å²) in [6.07, 6.45) is 0.657. The van der Waals surface area contributed by atoms with Crippen LogP contribution in [-0.2, 0) is 14.3 Å². The molecule has 6 nitrogen and oxygen atoms in total. The second-order valence-electron chi connectivity index (χ2n) is 6.79. The summed E-state index contributed by atoms with van der Waals surface area (Å²) in [5, 5.41) is 19.6. The summed E-state index contributed by atoms with van der Waals surface area (Å²) in [4.78, 5) is 11.0. The van der Waals surface area contributed by atoms with Crippen LogP contribution >= 0.6 is 22.6 Å². The Hall–Kier alpha value is 0.0400. The Balaban J connectivity index is 2.43. The molecule has 1 aliphatic heterocycles. The van der Waals surface area contributed by atoms with Crippen molar-refractivity contribution in [2.75, 3.05) is 17.6 Å². The molecule has 0 saturated carbocycles. The van der Waals surface area contributed by atoms with Crippen LogP contribution in [0.3, 0.4) is 0 Å². The van der Waals surface area contributed by atoms with E-state index in [1.807, 2.05) is 50.3 Å². The molecule has 124 valence electrons. The first-order valence-corrected chi connectivity index (χ1v) is 8.64. The lowest BCUT2D eigenvalue weighted by Gasteiger charge is -2.47. The fourth-order valence-electron chi connectivity index (χ4n) is 2.83. The summed E-state index contributed by atoms with van der Waals surface area (Å²) < 4.78 is 10.9. The maximum Gasteiger partial charge on any atom is 0.315 e. The van der Waals surface area contributed by atoms with Gasteiger partial charge in [0.2, 0.25) is 0 Å². The summed E-state index contributed by atoms with van der Waals surface area (Å²) in [6.45, 7) is 8.20. The average Bonchev–Trinajstić information content (AvgIpc) is 2.39. The maximum atomic E-state index is 11.0. The van der Waals surface area contributed by atoms with Gasteiger partial charge in [-0.25, -0.2) is 0 Å². The van der Waals surface area contributed by atoms with Crippen molar-refractivity contribution in [1.82, 2.24) is 5.06 Å². The van der Waals surface area contributed by atoms with E-state index in [4.69, 9.17) is 14.7 Å². The van der Waals surface area contributed by atoms with Gasteiger partial charge < -0.3 is 19.8 Å². The van der Waals surface area contributed by atoms with E-state index in [-0.39, 0.29) is 40.8 Å². The number of alkyl halides is 1. The third kappa shape index (κ3) is 5.63. The number of ether oxygens (including phenoxy) is 2. The number of hydrogen-bond donors (Lipinski definition) is 1. The number of carbonyl (C=O) groups is 1. The fraction of sp³-hybridized carbons (Fsp3) is 0.929. The van der Waals surface area contributed by atoms with Crippen LogP contribution in [0.15, 0.2) is 0 Å². The van der Waals surface area contributed by atoms with Crippen LogP contribution in [-0.4, -0.2) is 62.3 Å². The third-order valence-corrected chi connectivity index (χ3v) is 4.36. The standard InChI is InChI=1S/C14H26INO5/c1-13(2)5-11(6-14(3,4)16(13)19)20-8-10(17)9-21-12(18)7-15/h10-11,17,19H,5-9H2,1-4H3/p+1. The molecule has 1 heterocycles. The monoisotopic (exact) mass is 416 g/mol. The van der Waals surface area contributed by atoms with Gasteiger partial charge in [-0.2, -0.15) is 0 Å². The maximum absolute atomic E-state index is 11.0. The highest BCUT2D eigenvalue weighted by Gasteiger charge is 2.48. The smallest absolute Gasteiger partial charge is 0.315 e. The first kappa shape index (κ1) is 19.1. The lowest BCUT2D eigenvalue weighted by atomic mass is 9.80. The molecule has 0 radical (unpaired) electrons. The van der Waals surface area contributed by atoms with Crippen LogP contribution in [0.4, 0.5) is 0 Å². The Bertz CT molecular complexity index is 343. The number of hydroxylamine groups is 2. The number of aliphatic hydroxyl groups excluding tert-OH is 1. The minimum absolute atomic E-state index is 0.00785. The van der Waals surface area contributed by atoms with E-state index in [9.17, 15) is 9.90 Å². The summed E-state index contributed by atoms with van der Waals surface area (Å²) in [6, 6.07) is 0. The molecule has 0 spiro atoms. The average molecular weight is 416 g/mol. The summed E-state index contributed by atoms with van der Waals surface area (Å²) in [7, 11) is 0. The SMILES string of the molecule is CC1(C)CC(OCC(O)COC(=O)CI)CC(C)(C)N1[OH2+]. The van der Waals surface area contributed by atoms with Crippen LogP contribution in [0.1, 0.15) is 40.5 Å². The van der Waals surface area contributed by atoms with Gasteiger partial charge in [-0.1, -0.05) is 27.7 Å². The van der Waals surface area contributed by atoms with E-state index in [1.54, 1.807) is 5.06 Å². The van der Waals surface area contributed by atoms with Crippen LogP contribution in [0.2, 0.25) is 0 Å². The predicted molar refractivity (Wildman–Crippen MR) is 88.4 cm³/mol. The van der Waals surface area contributed by atoms with Gasteiger partial charge in [0.25, 0.3) is 0 Å². The van der Waals surface area contributed by atoms with E-state index in [1.165, 1.54) is 0 Å². The van der Waals surface area contributed by atoms with Gasteiger partial charge >= 0.3 is 5.97 Å². The van der Waals surface area contributed by atoms with Crippen molar-refractivity contribution >= 4 is 28.6 Å². The molecule has 0 bridgehead atoms. The number of hydrogen-bond acceptors (Lipinski definition) is 5. The number of carbonyl (C=O) groups excluding carboxylic acids is 1. The van der Waals surface area contributed by atoms with Gasteiger partial charge in [-0.15, -0.1) is 0 Å². The molecule has 1 rings (SSSR count). The minimum atomic E-state index is -0.808. The minimum Gasteiger partial charge on any atom is -0.462 e. The van der Waals surface area contributed by atoms with Gasteiger partial charge in [0.05, 0.1) is 28.2 Å². The predicted octanol–water partition coefficient (Wildman–Crippen LogP) is 1.00. The van der Waals surface area contributed by atoms with Gasteiger partial charge in [-0.05, 0) is 40.5 Å². The molecule has 0 aliphatic carbocycles. The molecule has 1 atom stereocenters. The van der Waals surface area contributed by atoms with Crippen molar-refractivity contribution in [3.63, 3.8) is 0 Å². The Morgan fingerprint density at radius 3 is 2.33 bits per heavy atom. The highest BCUT2D eigenvalue weighted by Crippen LogP contribution is 2.37. The van der Waals surface area contributed by atoms with E-state index in [0.29, 0.717) is 0 Å². The molecule has 1 aliphatic rings. The van der Waals surface area contributed by atoms with Crippen LogP contribution in [0, 0.1) is 0 Å². The number of halogens is 1. The fourth-order valence-corrected chi connectivity index (χ4v) is 3.05. The highest BCUT2D eigenvalue weighted by atomic mass is 127. The van der Waals surface area contributed by atoms with Crippen LogP contribution in [0.25, 0.3) is 0 Å². The Morgan fingerprint density at radius 1 is 1.33 bits per heavy atom. The summed E-state index contributed by atoms with van der Waals surface area (Å²) >= 11 is 1.92. The van der Waals surface area contributed by atoms with Gasteiger partial charge in [-0.3, -0.25) is 4.79 Å². The molecule has 0 aromatic carbocycles. The van der Waals surface area contributed by atoms with Crippen molar-refractivity contribution < 1.29 is 24.6 Å². The zero-order chi connectivity index (χ0) is 16.3. The second kappa shape index (κ2) is 7.54. The Morgan fingerprint density at radius 2 is 1.86 bits per heavy atom. The number of rotatable bonds is 6. The van der Waals surface area contributed by atoms with Gasteiger partial charge in [0.15, 0.2) is 0 Å². The van der Waals surface area contributed by atoms with Crippen LogP contribution in [0.5, 0.6) is 0 Å². The Labute approximate surface area is 139 Å². The van der Waals surface area contributed by atoms with Crippen molar-refractivity contribution in [2.24, 2.45) is 0 Å². The number of aliphatic hydroxyl groups is 1. The van der Waals surface area contributed by atoms with Crippen molar-refractivity contribution in [3.05, 3.63) is 0 Å². The van der Waals surface area contributed by atoms with Gasteiger partial charge in [0.1, 0.15) is 12.7 Å². The van der Waals surface area contributed by atoms with Crippen molar-refractivity contribution in [2.45, 2.75) is 63.8 Å². The largest absolute Gasteiger partial charge is 0.462 e. The first-order chi connectivity index (χ1) is 9.58. The molecule has 1 unspecified atom stereocenters. The van der Waals surface area contributed by atoms with E-state index < -0.39 is 6.10 Å². The zero-order valence-electron chi connectivity index (χ0n) is 13.2. The van der Waals surface area contributed by atoms with E-state index in [2.05, 4.69) is 0 Å². The first-order valence-electron chi connectivity index (χ1n) is 7.11. The van der Waals surface area contributed by atoms with Crippen LogP contribution < -0.4 is 0 Å². The molecule has 7 heteroatoms. The normalized spacial score (nSPS) is 23.8. The van der Waals surface area contributed by atoms with E-state index >= 15 is 0 Å². The van der Waals surface area contributed by atoms with Crippen molar-refractivity contribution in [1.29, 1.82) is 0 Å². The van der Waals surface area contributed by atoms with E-state index in [0.717, 1.165) is 12.8 Å². The molecule has 1 fully saturated rings. The molecule has 1 saturated heterocycles. The third-order valence-electron chi connectivity index (χ3n) is 3.74. The number of piperidine rings is 1. The summed E-state index contributed by atoms with van der Waals surface area (Å²) in [5.41, 5.74) is -0.546. The summed E-state index contributed by atoms with van der Waals surface area (Å²) in [5.74, 6) is -0.334. The molecule has 3 N–H and O–H groups in total. The Kier molecular flexibility index (Phi) is 6.85. The topological polar surface area (TPSA) is 81.9 Å². The molecular formula is C14H27INO5+. The number of esters is 1. The molecule has 0 aromatic rings. The second-order valence-corrected chi connectivity index (χ2v) is 7.56. The molecule has 21 heavy (non-hydrogen) atoms. The number of nitrogens with zero attached hydrogens (tertiary/aromatic N) is 1. The van der Waals surface area contributed by atoms with Gasteiger partial charge in [0, 0.05) is 0 Å².